The molecule has 0 bridgehead atoms. The van der Waals surface area contributed by atoms with Crippen LogP contribution in [0.3, 0.4) is 0 Å². The van der Waals surface area contributed by atoms with Crippen LogP contribution in [0.15, 0.2) is 36.5 Å². The number of ether oxygens (including phenoxy) is 2. The normalized spacial score (nSPS) is 22.4. The zero-order valence-corrected chi connectivity index (χ0v) is 14.9. The molecule has 8 heteroatoms. The van der Waals surface area contributed by atoms with Gasteiger partial charge in [-0.2, -0.15) is 0 Å². The van der Waals surface area contributed by atoms with E-state index in [-0.39, 0.29) is 23.5 Å². The predicted octanol–water partition coefficient (Wildman–Crippen LogP) is 2.59. The number of nitrogens with two attached hydrogens (primary N) is 1. The molecule has 0 aliphatic carbocycles. The molecule has 2 N–H and O–H groups in total. The first-order chi connectivity index (χ1) is 13.1. The summed E-state index contributed by atoms with van der Waals surface area (Å²) in [6.07, 6.45) is 3.35. The minimum atomic E-state index is -0.425. The summed E-state index contributed by atoms with van der Waals surface area (Å²) in [6, 6.07) is 9.37. The average Bonchev–Trinajstić information content (AvgIpc) is 2.67. The van der Waals surface area contributed by atoms with E-state index in [4.69, 9.17) is 15.2 Å². The summed E-state index contributed by atoms with van der Waals surface area (Å²) in [4.78, 5) is 17.2. The van der Waals surface area contributed by atoms with Crippen LogP contribution in [0.2, 0.25) is 0 Å². The molecule has 142 valence electrons. The Morgan fingerprint density at radius 3 is 2.93 bits per heavy atom. The summed E-state index contributed by atoms with van der Waals surface area (Å²) in [7, 11) is 0. The van der Waals surface area contributed by atoms with Crippen LogP contribution in [0.25, 0.3) is 0 Å². The number of anilines is 1. The molecule has 0 amide bonds. The quantitative estimate of drug-likeness (QED) is 0.651. The van der Waals surface area contributed by atoms with Gasteiger partial charge in [-0.05, 0) is 37.6 Å². The van der Waals surface area contributed by atoms with Crippen molar-refractivity contribution >= 4 is 11.5 Å². The van der Waals surface area contributed by atoms with Crippen LogP contribution in [0.5, 0.6) is 11.5 Å². The van der Waals surface area contributed by atoms with Gasteiger partial charge in [0.15, 0.2) is 11.5 Å². The van der Waals surface area contributed by atoms with Gasteiger partial charge >= 0.3 is 5.69 Å². The Hall–Kier alpha value is -2.87. The van der Waals surface area contributed by atoms with Crippen molar-refractivity contribution in [3.05, 3.63) is 52.2 Å². The van der Waals surface area contributed by atoms with Gasteiger partial charge in [-0.25, -0.2) is 4.98 Å². The molecule has 1 fully saturated rings. The number of nitrogens with zero attached hydrogens (tertiary/aromatic N) is 3. The SMILES string of the molecule is Nc1nccc([C@@H]2CCCN(C[C@H]3COc4ccccc4O3)C2)c1[N+](=O)[O-]. The number of nitro groups is 1. The number of piperidine rings is 1. The molecule has 2 aliphatic heterocycles. The van der Waals surface area contributed by atoms with Gasteiger partial charge in [-0.3, -0.25) is 15.0 Å². The molecule has 1 saturated heterocycles. The van der Waals surface area contributed by atoms with Gasteiger partial charge < -0.3 is 15.2 Å². The number of benzene rings is 1. The van der Waals surface area contributed by atoms with Gasteiger partial charge in [0.2, 0.25) is 5.82 Å². The van der Waals surface area contributed by atoms with Crippen LogP contribution in [0, 0.1) is 10.1 Å². The highest BCUT2D eigenvalue weighted by Crippen LogP contribution is 2.36. The smallest absolute Gasteiger partial charge is 0.314 e. The average molecular weight is 370 g/mol. The standard InChI is InChI=1S/C19H22N4O4/c20-19-18(23(24)25)15(7-8-21-19)13-4-3-9-22(10-13)11-14-12-26-16-5-1-2-6-17(16)27-14/h1-2,5-8,13-14H,3-4,9-12H2,(H2,20,21)/t13-,14+/m1/s1. The van der Waals surface area contributed by atoms with Gasteiger partial charge in [0.25, 0.3) is 0 Å². The van der Waals surface area contributed by atoms with Crippen molar-refractivity contribution in [2.75, 3.05) is 32.0 Å². The first kappa shape index (κ1) is 17.5. The topological polar surface area (TPSA) is 104 Å². The highest BCUT2D eigenvalue weighted by Gasteiger charge is 2.31. The molecule has 2 aromatic rings. The molecule has 0 spiro atoms. The second kappa shape index (κ2) is 7.40. The lowest BCUT2D eigenvalue weighted by Crippen LogP contribution is -2.44. The van der Waals surface area contributed by atoms with Crippen molar-refractivity contribution in [2.24, 2.45) is 0 Å². The van der Waals surface area contributed by atoms with Crippen molar-refractivity contribution in [3.8, 4) is 11.5 Å². The largest absolute Gasteiger partial charge is 0.486 e. The molecular weight excluding hydrogens is 348 g/mol. The first-order valence-corrected chi connectivity index (χ1v) is 9.11. The van der Waals surface area contributed by atoms with Crippen LogP contribution in [0.4, 0.5) is 11.5 Å². The number of pyridine rings is 1. The first-order valence-electron chi connectivity index (χ1n) is 9.11. The molecule has 2 atom stereocenters. The number of aromatic nitrogens is 1. The van der Waals surface area contributed by atoms with Crippen molar-refractivity contribution in [3.63, 3.8) is 0 Å². The van der Waals surface area contributed by atoms with Gasteiger partial charge in [0.05, 0.1) is 4.92 Å². The third-order valence-corrected chi connectivity index (χ3v) is 5.14. The van der Waals surface area contributed by atoms with Crippen molar-refractivity contribution in [1.29, 1.82) is 0 Å². The molecule has 4 rings (SSSR count). The maximum atomic E-state index is 11.4. The third-order valence-electron chi connectivity index (χ3n) is 5.14. The maximum absolute atomic E-state index is 11.4. The summed E-state index contributed by atoms with van der Waals surface area (Å²) >= 11 is 0. The van der Waals surface area contributed by atoms with E-state index in [1.807, 2.05) is 24.3 Å². The molecule has 0 radical (unpaired) electrons. The lowest BCUT2D eigenvalue weighted by molar-refractivity contribution is -0.385. The minimum Gasteiger partial charge on any atom is -0.486 e. The molecular formula is C19H22N4O4. The molecule has 0 unspecified atom stereocenters. The molecule has 27 heavy (non-hydrogen) atoms. The van der Waals surface area contributed by atoms with Crippen molar-refractivity contribution in [2.45, 2.75) is 24.9 Å². The molecule has 0 saturated carbocycles. The molecule has 1 aromatic carbocycles. The molecule has 8 nitrogen and oxygen atoms in total. The van der Waals surface area contributed by atoms with Crippen LogP contribution in [-0.2, 0) is 0 Å². The number of likely N-dealkylation sites (tertiary alicyclic amines) is 1. The van der Waals surface area contributed by atoms with E-state index in [1.54, 1.807) is 12.3 Å². The summed E-state index contributed by atoms with van der Waals surface area (Å²) in [5.74, 6) is 1.57. The predicted molar refractivity (Wildman–Crippen MR) is 100 cm³/mol. The van der Waals surface area contributed by atoms with Gasteiger partial charge in [-0.15, -0.1) is 0 Å². The molecule has 1 aromatic heterocycles. The second-order valence-corrected chi connectivity index (χ2v) is 6.99. The maximum Gasteiger partial charge on any atom is 0.314 e. The minimum absolute atomic E-state index is 0.0183. The summed E-state index contributed by atoms with van der Waals surface area (Å²) in [6.45, 7) is 2.89. The lowest BCUT2D eigenvalue weighted by Gasteiger charge is -2.36. The van der Waals surface area contributed by atoms with Crippen LogP contribution in [0.1, 0.15) is 24.3 Å². The number of fused-ring (bicyclic) bond motifs is 1. The number of nitrogen functional groups attached to an aromatic ring is 1. The van der Waals surface area contributed by atoms with Crippen molar-refractivity contribution < 1.29 is 14.4 Å². The number of para-hydroxylation sites is 2. The zero-order valence-electron chi connectivity index (χ0n) is 14.9. The Morgan fingerprint density at radius 2 is 2.11 bits per heavy atom. The van der Waals surface area contributed by atoms with E-state index in [2.05, 4.69) is 9.88 Å². The second-order valence-electron chi connectivity index (χ2n) is 6.99. The Kier molecular flexibility index (Phi) is 4.81. The molecule has 2 aliphatic rings. The third kappa shape index (κ3) is 3.66. The van der Waals surface area contributed by atoms with E-state index in [0.717, 1.165) is 44.0 Å². The summed E-state index contributed by atoms with van der Waals surface area (Å²) in [5.41, 5.74) is 6.37. The Morgan fingerprint density at radius 1 is 1.30 bits per heavy atom. The number of hydrogen-bond acceptors (Lipinski definition) is 7. The van der Waals surface area contributed by atoms with Crippen LogP contribution >= 0.6 is 0 Å². The fraction of sp³-hybridized carbons (Fsp3) is 0.421. The Balaban J connectivity index is 1.45. The fourth-order valence-electron chi connectivity index (χ4n) is 3.93. The molecule has 3 heterocycles. The van der Waals surface area contributed by atoms with E-state index < -0.39 is 4.92 Å². The highest BCUT2D eigenvalue weighted by atomic mass is 16.6. The number of hydrogen-bond donors (Lipinski definition) is 1. The highest BCUT2D eigenvalue weighted by molar-refractivity contribution is 5.58. The Bertz CT molecular complexity index is 844. The fourth-order valence-corrected chi connectivity index (χ4v) is 3.93. The van der Waals surface area contributed by atoms with Gasteiger partial charge in [-0.1, -0.05) is 12.1 Å². The lowest BCUT2D eigenvalue weighted by atomic mass is 9.90. The summed E-state index contributed by atoms with van der Waals surface area (Å²) < 4.78 is 11.8. The van der Waals surface area contributed by atoms with Gasteiger partial charge in [0.1, 0.15) is 12.7 Å². The summed E-state index contributed by atoms with van der Waals surface area (Å²) in [5, 5.41) is 11.4. The van der Waals surface area contributed by atoms with Crippen LogP contribution < -0.4 is 15.2 Å². The zero-order chi connectivity index (χ0) is 18.8. The van der Waals surface area contributed by atoms with E-state index >= 15 is 0 Å². The van der Waals surface area contributed by atoms with Crippen molar-refractivity contribution in [1.82, 2.24) is 9.88 Å². The van der Waals surface area contributed by atoms with E-state index in [9.17, 15) is 10.1 Å². The van der Waals surface area contributed by atoms with Crippen LogP contribution in [-0.4, -0.2) is 47.2 Å². The monoisotopic (exact) mass is 370 g/mol. The number of rotatable bonds is 4. The van der Waals surface area contributed by atoms with E-state index in [0.29, 0.717) is 12.2 Å². The van der Waals surface area contributed by atoms with Gasteiger partial charge in [0, 0.05) is 30.8 Å². The van der Waals surface area contributed by atoms with E-state index in [1.165, 1.54) is 0 Å². The Labute approximate surface area is 157 Å².